The molecule has 5 aliphatic rings. The van der Waals surface area contributed by atoms with Crippen LogP contribution in [0, 0.1) is 23.7 Å². The summed E-state index contributed by atoms with van der Waals surface area (Å²) < 4.78 is 39.0. The zero-order chi connectivity index (χ0) is 42.7. The Morgan fingerprint density at radius 2 is 0.597 bits per heavy atom. The van der Waals surface area contributed by atoms with E-state index in [1.54, 1.807) is 0 Å². The van der Waals surface area contributed by atoms with Gasteiger partial charge in [0.15, 0.2) is 23.0 Å². The molecule has 0 radical (unpaired) electrons. The van der Waals surface area contributed by atoms with Gasteiger partial charge in [0.25, 0.3) is 0 Å². The largest absolute Gasteiger partial charge is 0.490 e. The number of hydrogen-bond acceptors (Lipinski definition) is 8. The zero-order valence-electron chi connectivity index (χ0n) is 37.6. The molecule has 0 spiro atoms. The monoisotopic (exact) mass is 844 g/mol. The van der Waals surface area contributed by atoms with E-state index < -0.39 is 48.1 Å². The van der Waals surface area contributed by atoms with E-state index in [0.717, 1.165) is 118 Å². The molecule has 8 heteroatoms. The minimum atomic E-state index is -0.518. The van der Waals surface area contributed by atoms with Crippen LogP contribution in [-0.4, -0.2) is 38.0 Å². The molecule has 9 rings (SSSR count). The second kappa shape index (κ2) is 19.3. The Morgan fingerprint density at radius 3 is 0.823 bits per heavy atom. The zero-order valence-corrected chi connectivity index (χ0v) is 37.6. The number of ether oxygens (including phenoxy) is 6. The van der Waals surface area contributed by atoms with Crippen LogP contribution in [0.5, 0.6) is 23.0 Å². The highest BCUT2D eigenvalue weighted by Crippen LogP contribution is 2.68. The molecule has 0 N–H and O–H groups in total. The third kappa shape index (κ3) is 8.12. The van der Waals surface area contributed by atoms with Gasteiger partial charge in [-0.2, -0.15) is 0 Å². The lowest BCUT2D eigenvalue weighted by atomic mass is 9.57. The number of fused-ring (bicyclic) bond motifs is 18. The third-order valence-electron chi connectivity index (χ3n) is 14.4. The predicted molar refractivity (Wildman–Crippen MR) is 244 cm³/mol. The number of unbranched alkanes of at least 4 members (excludes halogenated alkanes) is 12. The van der Waals surface area contributed by atoms with Crippen molar-refractivity contribution in [1.82, 2.24) is 0 Å². The van der Waals surface area contributed by atoms with Crippen molar-refractivity contribution < 1.29 is 38.0 Å². The van der Waals surface area contributed by atoms with Crippen LogP contribution < -0.4 is 18.9 Å². The molecule has 4 aromatic carbocycles. The van der Waals surface area contributed by atoms with Crippen molar-refractivity contribution in [3.8, 4) is 23.0 Å². The Labute approximate surface area is 368 Å². The van der Waals surface area contributed by atoms with Crippen LogP contribution in [0.1, 0.15) is 177 Å². The Hall–Kier alpha value is -4.14. The summed E-state index contributed by atoms with van der Waals surface area (Å²) in [6, 6.07) is 17.1. The van der Waals surface area contributed by atoms with Crippen LogP contribution in [0.15, 0.2) is 48.5 Å². The Kier molecular flexibility index (Phi) is 13.4. The molecule has 4 aliphatic heterocycles. The molecule has 4 bridgehead atoms. The fourth-order valence-corrected chi connectivity index (χ4v) is 11.2. The van der Waals surface area contributed by atoms with Gasteiger partial charge in [-0.3, -0.25) is 9.59 Å². The molecular formula is C54H68O8. The average Bonchev–Trinajstić information content (AvgIpc) is 4.06. The van der Waals surface area contributed by atoms with Gasteiger partial charge >= 0.3 is 0 Å². The van der Waals surface area contributed by atoms with Crippen molar-refractivity contribution in [3.63, 3.8) is 0 Å². The van der Waals surface area contributed by atoms with Crippen molar-refractivity contribution in [3.05, 3.63) is 70.8 Å². The minimum absolute atomic E-state index is 0.113. The van der Waals surface area contributed by atoms with E-state index in [0.29, 0.717) is 26.4 Å². The summed E-state index contributed by atoms with van der Waals surface area (Å²) in [7, 11) is 0. The first-order chi connectivity index (χ1) is 30.4. The van der Waals surface area contributed by atoms with E-state index in [2.05, 4.69) is 76.2 Å². The highest BCUT2D eigenvalue weighted by atomic mass is 16.5. The van der Waals surface area contributed by atoms with E-state index >= 15 is 0 Å². The number of ketones is 2. The molecule has 1 saturated carbocycles. The lowest BCUT2D eigenvalue weighted by Gasteiger charge is -2.40. The number of carbonyl (C=O) groups excluding carboxylic acids is 2. The summed E-state index contributed by atoms with van der Waals surface area (Å²) in [5.41, 5.74) is 4.08. The molecule has 8 atom stereocenters. The quantitative estimate of drug-likeness (QED) is 0.0644. The van der Waals surface area contributed by atoms with E-state index in [-0.39, 0.29) is 11.6 Å². The summed E-state index contributed by atoms with van der Waals surface area (Å²) in [4.78, 5) is 29.8. The van der Waals surface area contributed by atoms with Crippen molar-refractivity contribution in [2.24, 2.45) is 23.7 Å². The maximum atomic E-state index is 14.9. The van der Waals surface area contributed by atoms with E-state index in [1.807, 2.05) is 0 Å². The molecule has 4 heterocycles. The van der Waals surface area contributed by atoms with Crippen molar-refractivity contribution in [2.45, 2.75) is 155 Å². The van der Waals surface area contributed by atoms with Gasteiger partial charge in [-0.1, -0.05) is 105 Å². The van der Waals surface area contributed by atoms with Crippen molar-refractivity contribution in [1.29, 1.82) is 0 Å². The molecule has 0 amide bonds. The third-order valence-corrected chi connectivity index (χ3v) is 14.4. The van der Waals surface area contributed by atoms with Crippen LogP contribution in [-0.2, 0) is 19.1 Å². The second-order valence-electron chi connectivity index (χ2n) is 18.8. The van der Waals surface area contributed by atoms with Crippen molar-refractivity contribution in [2.75, 3.05) is 26.4 Å². The van der Waals surface area contributed by atoms with Gasteiger partial charge < -0.3 is 28.4 Å². The number of Topliss-reactive ketones (excluding diaryl/α,β-unsaturated/α-hetero) is 2. The molecular weight excluding hydrogens is 777 g/mol. The summed E-state index contributed by atoms with van der Waals surface area (Å²) in [5.74, 6) is 1.21. The van der Waals surface area contributed by atoms with Gasteiger partial charge in [0.05, 0.1) is 74.5 Å². The molecule has 3 fully saturated rings. The van der Waals surface area contributed by atoms with Gasteiger partial charge in [0.1, 0.15) is 11.6 Å². The summed E-state index contributed by atoms with van der Waals surface area (Å²) in [6.45, 7) is 11.4. The van der Waals surface area contributed by atoms with Crippen LogP contribution in [0.4, 0.5) is 0 Å². The lowest BCUT2D eigenvalue weighted by molar-refractivity contribution is -0.147. The fraction of sp³-hybridized carbons (Fsp3) is 0.593. The molecule has 1 aliphatic carbocycles. The van der Waals surface area contributed by atoms with Gasteiger partial charge in [-0.25, -0.2) is 0 Å². The van der Waals surface area contributed by atoms with Crippen LogP contribution >= 0.6 is 0 Å². The second-order valence-corrected chi connectivity index (χ2v) is 18.8. The molecule has 332 valence electrons. The molecule has 62 heavy (non-hydrogen) atoms. The Balaban J connectivity index is 0.983. The maximum Gasteiger partial charge on any atom is 0.161 e. The normalized spacial score (nSPS) is 25.0. The van der Waals surface area contributed by atoms with E-state index in [1.165, 1.54) is 51.4 Å². The number of hydrogen-bond donors (Lipinski definition) is 0. The highest BCUT2D eigenvalue weighted by Gasteiger charge is 2.70. The van der Waals surface area contributed by atoms with Gasteiger partial charge in [0.2, 0.25) is 0 Å². The predicted octanol–water partition coefficient (Wildman–Crippen LogP) is 13.4. The molecule has 2 saturated heterocycles. The first-order valence-corrected chi connectivity index (χ1v) is 24.6. The molecule has 8 nitrogen and oxygen atoms in total. The Bertz CT molecular complexity index is 1940. The minimum Gasteiger partial charge on any atom is -0.490 e. The van der Waals surface area contributed by atoms with E-state index in [4.69, 9.17) is 28.4 Å². The maximum absolute atomic E-state index is 14.9. The number of carbonyl (C=O) groups is 2. The molecule has 0 aromatic heterocycles. The van der Waals surface area contributed by atoms with E-state index in [9.17, 15) is 9.59 Å². The topological polar surface area (TPSA) is 89.5 Å². The van der Waals surface area contributed by atoms with Gasteiger partial charge in [-0.05, 0) is 118 Å². The average molecular weight is 845 g/mol. The molecule has 8 unspecified atom stereocenters. The fourth-order valence-electron chi connectivity index (χ4n) is 11.2. The number of rotatable bonds is 24. The smallest absolute Gasteiger partial charge is 0.161 e. The Morgan fingerprint density at radius 1 is 0.355 bits per heavy atom. The van der Waals surface area contributed by atoms with Gasteiger partial charge in [0, 0.05) is 0 Å². The molecule has 4 aromatic rings. The first kappa shape index (κ1) is 43.1. The SMILES string of the molecule is CCCCCCOc1cc2cc3c(cc2cc1OCCCCCC)C1OC3C2C(=O)C3C4OC(c5cc6cc(OCCCCCC)c(OCCCCCC)cc6cc54)C3C(=O)C12. The summed E-state index contributed by atoms with van der Waals surface area (Å²) >= 11 is 0. The summed E-state index contributed by atoms with van der Waals surface area (Å²) in [6.07, 6.45) is 16.3. The van der Waals surface area contributed by atoms with Crippen LogP contribution in [0.3, 0.4) is 0 Å². The number of benzene rings is 4. The summed E-state index contributed by atoms with van der Waals surface area (Å²) in [5, 5.41) is 4.13. The van der Waals surface area contributed by atoms with Crippen LogP contribution in [0.25, 0.3) is 21.5 Å². The lowest BCUT2D eigenvalue weighted by Crippen LogP contribution is -2.50. The van der Waals surface area contributed by atoms with Gasteiger partial charge in [-0.15, -0.1) is 0 Å². The van der Waals surface area contributed by atoms with Crippen molar-refractivity contribution >= 4 is 33.1 Å². The standard InChI is InChI=1S/C54H68O8/c1-5-9-13-17-21-57-41-29-33-25-37-38(26-34(33)30-42(41)58-22-18-14-10-6-2)52-46-45(51(37)61-52)49(55)47-48(50(46)56)54-40-28-36-32-44(60-24-20-16-12-8-4)43(59-23-19-15-11-7-3)31-35(36)27-39(40)53(47)62-54/h25-32,45-48,51-54H,5-24H2,1-4H3. The first-order valence-electron chi connectivity index (χ1n) is 24.6. The van der Waals surface area contributed by atoms with Crippen LogP contribution in [0.2, 0.25) is 0 Å². The highest BCUT2D eigenvalue weighted by molar-refractivity contribution is 6.04.